The minimum absolute atomic E-state index is 0.0559. The van der Waals surface area contributed by atoms with Crippen LogP contribution in [0.4, 0.5) is 0 Å². The standard InChI is InChI=1S/C28H32N2O6/c1-3-36-23-12-10-21(19-24(23)34-2)26-25(22(31)11-9-20-7-5-4-6-8-20)27(32)28(33)30(26)14-13-29-15-17-35-18-16-29/h4-12,19,26,32H,3,13-18H2,1-2H3. The smallest absolute Gasteiger partial charge is 0.290 e. The molecule has 4 rings (SSSR count). The van der Waals surface area contributed by atoms with Crippen molar-refractivity contribution in [2.24, 2.45) is 0 Å². The molecule has 1 fully saturated rings. The van der Waals surface area contributed by atoms with Crippen molar-refractivity contribution in [2.45, 2.75) is 13.0 Å². The van der Waals surface area contributed by atoms with Crippen LogP contribution < -0.4 is 9.47 Å². The first kappa shape index (κ1) is 25.5. The summed E-state index contributed by atoms with van der Waals surface area (Å²) < 4.78 is 16.6. The van der Waals surface area contributed by atoms with Gasteiger partial charge >= 0.3 is 0 Å². The Labute approximate surface area is 211 Å². The molecule has 0 bridgehead atoms. The number of benzene rings is 2. The highest BCUT2D eigenvalue weighted by atomic mass is 16.5. The van der Waals surface area contributed by atoms with Gasteiger partial charge in [0, 0.05) is 26.2 Å². The van der Waals surface area contributed by atoms with Crippen LogP contribution in [0.15, 0.2) is 65.9 Å². The van der Waals surface area contributed by atoms with E-state index in [2.05, 4.69) is 4.90 Å². The highest BCUT2D eigenvalue weighted by molar-refractivity contribution is 6.14. The van der Waals surface area contributed by atoms with Crippen LogP contribution in [0.25, 0.3) is 6.08 Å². The summed E-state index contributed by atoms with van der Waals surface area (Å²) >= 11 is 0. The van der Waals surface area contributed by atoms with Crippen LogP contribution in [0.5, 0.6) is 11.5 Å². The average Bonchev–Trinajstić information content (AvgIpc) is 3.17. The number of rotatable bonds is 10. The van der Waals surface area contributed by atoms with Crippen molar-refractivity contribution in [3.63, 3.8) is 0 Å². The molecule has 0 saturated carbocycles. The number of allylic oxidation sites excluding steroid dienone is 1. The van der Waals surface area contributed by atoms with Crippen LogP contribution in [-0.4, -0.2) is 79.7 Å². The normalized spacial score (nSPS) is 18.8. The molecule has 1 N–H and O–H groups in total. The second-order valence-electron chi connectivity index (χ2n) is 8.57. The van der Waals surface area contributed by atoms with Gasteiger partial charge in [-0.05, 0) is 36.3 Å². The second-order valence-corrected chi connectivity index (χ2v) is 8.57. The molecule has 2 aromatic rings. The molecule has 190 valence electrons. The predicted octanol–water partition coefficient (Wildman–Crippen LogP) is 3.40. The van der Waals surface area contributed by atoms with Gasteiger partial charge in [0.2, 0.25) is 0 Å². The van der Waals surface area contributed by atoms with Gasteiger partial charge in [0.1, 0.15) is 0 Å². The van der Waals surface area contributed by atoms with Crippen LogP contribution in [0, 0.1) is 0 Å². The number of amides is 1. The molecular weight excluding hydrogens is 460 g/mol. The highest BCUT2D eigenvalue weighted by Crippen LogP contribution is 2.41. The molecule has 2 aromatic carbocycles. The molecule has 0 spiro atoms. The summed E-state index contributed by atoms with van der Waals surface area (Å²) in [6.07, 6.45) is 3.08. The fourth-order valence-electron chi connectivity index (χ4n) is 4.51. The Hall–Kier alpha value is -3.62. The average molecular weight is 493 g/mol. The van der Waals surface area contributed by atoms with Gasteiger partial charge in [-0.1, -0.05) is 42.5 Å². The lowest BCUT2D eigenvalue weighted by molar-refractivity contribution is -0.129. The van der Waals surface area contributed by atoms with Crippen LogP contribution in [-0.2, 0) is 14.3 Å². The Bertz CT molecular complexity index is 1140. The van der Waals surface area contributed by atoms with Crippen molar-refractivity contribution >= 4 is 17.8 Å². The monoisotopic (exact) mass is 492 g/mol. The maximum Gasteiger partial charge on any atom is 0.290 e. The quantitative estimate of drug-likeness (QED) is 0.509. The van der Waals surface area contributed by atoms with E-state index in [9.17, 15) is 14.7 Å². The first-order valence-electron chi connectivity index (χ1n) is 12.2. The molecular formula is C28H32N2O6. The van der Waals surface area contributed by atoms with Gasteiger partial charge in [-0.2, -0.15) is 0 Å². The van der Waals surface area contributed by atoms with E-state index in [4.69, 9.17) is 14.2 Å². The number of ether oxygens (including phenoxy) is 3. The lowest BCUT2D eigenvalue weighted by atomic mass is 9.95. The summed E-state index contributed by atoms with van der Waals surface area (Å²) in [5, 5.41) is 10.9. The van der Waals surface area contributed by atoms with E-state index in [1.165, 1.54) is 6.08 Å². The van der Waals surface area contributed by atoms with Crippen LogP contribution in [0.2, 0.25) is 0 Å². The van der Waals surface area contributed by atoms with E-state index in [1.807, 2.05) is 37.3 Å². The van der Waals surface area contributed by atoms with Crippen molar-refractivity contribution in [3.8, 4) is 11.5 Å². The zero-order valence-electron chi connectivity index (χ0n) is 20.7. The van der Waals surface area contributed by atoms with E-state index >= 15 is 0 Å². The van der Waals surface area contributed by atoms with Crippen molar-refractivity contribution in [1.82, 2.24) is 9.80 Å². The second kappa shape index (κ2) is 11.9. The van der Waals surface area contributed by atoms with Gasteiger partial charge in [-0.25, -0.2) is 0 Å². The lowest BCUT2D eigenvalue weighted by Gasteiger charge is -2.31. The molecule has 1 saturated heterocycles. The Kier molecular flexibility index (Phi) is 8.40. The van der Waals surface area contributed by atoms with Gasteiger partial charge in [0.15, 0.2) is 23.0 Å². The molecule has 1 atom stereocenters. The number of morpholine rings is 1. The summed E-state index contributed by atoms with van der Waals surface area (Å²) in [5.41, 5.74) is 1.56. The van der Waals surface area contributed by atoms with Crippen molar-refractivity contribution < 1.29 is 28.9 Å². The minimum atomic E-state index is -0.754. The maximum atomic E-state index is 13.4. The highest BCUT2D eigenvalue weighted by Gasteiger charge is 2.43. The van der Waals surface area contributed by atoms with Crippen molar-refractivity contribution in [2.75, 3.05) is 53.1 Å². The predicted molar refractivity (Wildman–Crippen MR) is 136 cm³/mol. The molecule has 8 heteroatoms. The number of aliphatic hydroxyl groups excluding tert-OH is 1. The molecule has 1 unspecified atom stereocenters. The van der Waals surface area contributed by atoms with Gasteiger partial charge in [-0.3, -0.25) is 14.5 Å². The van der Waals surface area contributed by atoms with E-state index < -0.39 is 23.5 Å². The Morgan fingerprint density at radius 3 is 2.56 bits per heavy atom. The molecule has 2 aliphatic rings. The van der Waals surface area contributed by atoms with Crippen molar-refractivity contribution in [1.29, 1.82) is 0 Å². The van der Waals surface area contributed by atoms with E-state index in [-0.39, 0.29) is 5.57 Å². The Balaban J connectivity index is 1.67. The largest absolute Gasteiger partial charge is 0.503 e. The van der Waals surface area contributed by atoms with E-state index in [0.29, 0.717) is 50.0 Å². The minimum Gasteiger partial charge on any atom is -0.503 e. The molecule has 2 aliphatic heterocycles. The SMILES string of the molecule is CCOc1ccc(C2C(C(=O)C=Cc3ccccc3)=C(O)C(=O)N2CCN2CCOCC2)cc1OC. The summed E-state index contributed by atoms with van der Waals surface area (Å²) in [6.45, 7) is 6.14. The molecule has 1 amide bonds. The van der Waals surface area contributed by atoms with E-state index in [0.717, 1.165) is 18.7 Å². The van der Waals surface area contributed by atoms with Crippen LogP contribution in [0.3, 0.4) is 0 Å². The number of carbonyl (C=O) groups is 2. The first-order chi connectivity index (χ1) is 17.5. The number of carbonyl (C=O) groups excluding carboxylic acids is 2. The van der Waals surface area contributed by atoms with Crippen LogP contribution in [0.1, 0.15) is 24.1 Å². The lowest BCUT2D eigenvalue weighted by Crippen LogP contribution is -2.43. The third kappa shape index (κ3) is 5.61. The third-order valence-electron chi connectivity index (χ3n) is 6.36. The number of methoxy groups -OCH3 is 1. The number of hydrogen-bond donors (Lipinski definition) is 1. The number of ketones is 1. The van der Waals surface area contributed by atoms with Crippen LogP contribution >= 0.6 is 0 Å². The summed E-state index contributed by atoms with van der Waals surface area (Å²) in [7, 11) is 1.54. The molecule has 0 aliphatic carbocycles. The molecule has 0 aromatic heterocycles. The van der Waals surface area contributed by atoms with Gasteiger partial charge in [-0.15, -0.1) is 0 Å². The summed E-state index contributed by atoms with van der Waals surface area (Å²) in [4.78, 5) is 30.4. The zero-order valence-corrected chi connectivity index (χ0v) is 20.7. The summed E-state index contributed by atoms with van der Waals surface area (Å²) in [6, 6.07) is 14.0. The van der Waals surface area contributed by atoms with Gasteiger partial charge in [0.05, 0.1) is 38.5 Å². The maximum absolute atomic E-state index is 13.4. The summed E-state index contributed by atoms with van der Waals surface area (Å²) in [5.74, 6) is -0.433. The fourth-order valence-corrected chi connectivity index (χ4v) is 4.51. The number of aliphatic hydroxyl groups is 1. The molecule has 0 radical (unpaired) electrons. The number of nitrogens with zero attached hydrogens (tertiary/aromatic N) is 2. The zero-order chi connectivity index (χ0) is 25.5. The molecule has 2 heterocycles. The first-order valence-corrected chi connectivity index (χ1v) is 12.2. The van der Waals surface area contributed by atoms with Gasteiger partial charge < -0.3 is 24.2 Å². The Morgan fingerprint density at radius 2 is 1.86 bits per heavy atom. The third-order valence-corrected chi connectivity index (χ3v) is 6.36. The number of hydrogen-bond acceptors (Lipinski definition) is 7. The van der Waals surface area contributed by atoms with Crippen molar-refractivity contribution in [3.05, 3.63) is 77.1 Å². The fraction of sp³-hybridized carbons (Fsp3) is 0.357. The van der Waals surface area contributed by atoms with Gasteiger partial charge in [0.25, 0.3) is 5.91 Å². The topological polar surface area (TPSA) is 88.5 Å². The molecule has 8 nitrogen and oxygen atoms in total. The molecule has 36 heavy (non-hydrogen) atoms. The van der Waals surface area contributed by atoms with E-state index in [1.54, 1.807) is 36.3 Å². The Morgan fingerprint density at radius 1 is 1.11 bits per heavy atom.